The molecule has 0 spiro atoms. The van der Waals surface area contributed by atoms with E-state index in [4.69, 9.17) is 4.74 Å². The minimum Gasteiger partial charge on any atom is -0.462 e. The summed E-state index contributed by atoms with van der Waals surface area (Å²) in [7, 11) is 0. The monoisotopic (exact) mass is 403 g/mol. The Morgan fingerprint density at radius 3 is 2.24 bits per heavy atom. The summed E-state index contributed by atoms with van der Waals surface area (Å²) in [5.41, 5.74) is 0.958. The van der Waals surface area contributed by atoms with Crippen molar-refractivity contribution >= 4 is 11.9 Å². The Kier molecular flexibility index (Phi) is 13.9. The molecular formula is C25H41NO3. The number of esters is 1. The zero-order valence-electron chi connectivity index (χ0n) is 18.8. The Labute approximate surface area is 177 Å². The van der Waals surface area contributed by atoms with Crippen LogP contribution in [0.15, 0.2) is 24.3 Å². The maximum absolute atomic E-state index is 12.5. The molecule has 1 unspecified atom stereocenters. The van der Waals surface area contributed by atoms with Gasteiger partial charge in [-0.15, -0.1) is 0 Å². The summed E-state index contributed by atoms with van der Waals surface area (Å²) in [4.78, 5) is 24.7. The van der Waals surface area contributed by atoms with E-state index in [0.717, 1.165) is 25.7 Å². The normalized spacial score (nSPS) is 11.8. The predicted molar refractivity (Wildman–Crippen MR) is 120 cm³/mol. The lowest BCUT2D eigenvalue weighted by atomic mass is 9.99. The van der Waals surface area contributed by atoms with Crippen LogP contribution in [0.2, 0.25) is 0 Å². The second-order valence-electron chi connectivity index (χ2n) is 7.96. The van der Waals surface area contributed by atoms with Gasteiger partial charge in [0.15, 0.2) is 0 Å². The van der Waals surface area contributed by atoms with Gasteiger partial charge in [-0.25, -0.2) is 4.79 Å². The molecule has 0 radical (unpaired) electrons. The molecule has 4 heteroatoms. The van der Waals surface area contributed by atoms with Gasteiger partial charge in [0, 0.05) is 12.1 Å². The minimum absolute atomic E-state index is 0.123. The number of rotatable bonds is 16. The average molecular weight is 404 g/mol. The third kappa shape index (κ3) is 11.1. The van der Waals surface area contributed by atoms with E-state index >= 15 is 0 Å². The van der Waals surface area contributed by atoms with Gasteiger partial charge >= 0.3 is 5.97 Å². The fourth-order valence-corrected chi connectivity index (χ4v) is 3.38. The lowest BCUT2D eigenvalue weighted by Crippen LogP contribution is -2.29. The van der Waals surface area contributed by atoms with Crippen LogP contribution in [-0.4, -0.2) is 25.0 Å². The van der Waals surface area contributed by atoms with Crippen molar-refractivity contribution < 1.29 is 14.3 Å². The fourth-order valence-electron chi connectivity index (χ4n) is 3.38. The van der Waals surface area contributed by atoms with E-state index < -0.39 is 0 Å². The first kappa shape index (κ1) is 25.2. The quantitative estimate of drug-likeness (QED) is 0.252. The maximum atomic E-state index is 12.5. The Morgan fingerprint density at radius 1 is 0.897 bits per heavy atom. The lowest BCUT2D eigenvalue weighted by molar-refractivity contribution is 0.0497. The van der Waals surface area contributed by atoms with Gasteiger partial charge in [-0.2, -0.15) is 0 Å². The third-order valence-electron chi connectivity index (χ3n) is 5.44. The number of nitrogens with one attached hydrogen (secondary N) is 1. The molecule has 1 rings (SSSR count). The fraction of sp³-hybridized carbons (Fsp3) is 0.680. The molecular weight excluding hydrogens is 362 g/mol. The van der Waals surface area contributed by atoms with E-state index in [9.17, 15) is 9.59 Å². The highest BCUT2D eigenvalue weighted by Gasteiger charge is 2.13. The van der Waals surface area contributed by atoms with Crippen molar-refractivity contribution in [2.24, 2.45) is 5.92 Å². The molecule has 0 aromatic heterocycles. The van der Waals surface area contributed by atoms with Crippen molar-refractivity contribution in [2.45, 2.75) is 91.4 Å². The highest BCUT2D eigenvalue weighted by Crippen LogP contribution is 2.13. The van der Waals surface area contributed by atoms with Gasteiger partial charge in [0.05, 0.1) is 12.2 Å². The van der Waals surface area contributed by atoms with Crippen LogP contribution >= 0.6 is 0 Å². The smallest absolute Gasteiger partial charge is 0.338 e. The Morgan fingerprint density at radius 2 is 1.55 bits per heavy atom. The van der Waals surface area contributed by atoms with Crippen LogP contribution in [0.5, 0.6) is 0 Å². The highest BCUT2D eigenvalue weighted by molar-refractivity contribution is 5.97. The highest BCUT2D eigenvalue weighted by atomic mass is 16.5. The minimum atomic E-state index is -0.347. The molecule has 164 valence electrons. The van der Waals surface area contributed by atoms with E-state index in [1.165, 1.54) is 44.9 Å². The number of ether oxygens (including phenoxy) is 1. The van der Waals surface area contributed by atoms with Gasteiger partial charge in [-0.3, -0.25) is 4.79 Å². The first-order chi connectivity index (χ1) is 14.1. The van der Waals surface area contributed by atoms with Crippen LogP contribution in [0.3, 0.4) is 0 Å². The van der Waals surface area contributed by atoms with Gasteiger partial charge in [0.25, 0.3) is 5.91 Å². The second kappa shape index (κ2) is 16.0. The summed E-state index contributed by atoms with van der Waals surface area (Å²) in [6, 6.07) is 6.83. The van der Waals surface area contributed by atoms with Crippen molar-refractivity contribution in [3.05, 3.63) is 35.4 Å². The van der Waals surface area contributed by atoms with Crippen molar-refractivity contribution in [2.75, 3.05) is 13.2 Å². The molecule has 0 saturated heterocycles. The van der Waals surface area contributed by atoms with Crippen LogP contribution in [0, 0.1) is 5.92 Å². The van der Waals surface area contributed by atoms with Gasteiger partial charge < -0.3 is 10.1 Å². The molecule has 0 aliphatic rings. The van der Waals surface area contributed by atoms with E-state index in [1.807, 2.05) is 0 Å². The molecule has 0 aliphatic heterocycles. The van der Waals surface area contributed by atoms with Gasteiger partial charge in [0.2, 0.25) is 0 Å². The molecule has 4 nitrogen and oxygen atoms in total. The summed E-state index contributed by atoms with van der Waals surface area (Å²) in [6.07, 6.45) is 12.9. The summed E-state index contributed by atoms with van der Waals surface area (Å²) in [6.45, 7) is 7.69. The zero-order chi connectivity index (χ0) is 21.3. The standard InChI is InChI=1S/C25H41NO3/c1-4-7-9-10-11-12-13-18-29-25(28)23-17-14-16-22(19-23)24(27)26-20-21(6-3)15-8-5-2/h14,16-17,19,21H,4-13,15,18,20H2,1-3H3,(H,26,27). The SMILES string of the molecule is CCCCCCCCCOC(=O)c1cccc(C(=O)NCC(CC)CCCC)c1. The molecule has 1 aromatic carbocycles. The van der Waals surface area contributed by atoms with E-state index in [-0.39, 0.29) is 11.9 Å². The molecule has 0 saturated carbocycles. The van der Waals surface area contributed by atoms with Crippen LogP contribution in [0.1, 0.15) is 112 Å². The number of hydrogen-bond acceptors (Lipinski definition) is 3. The first-order valence-electron chi connectivity index (χ1n) is 11.7. The number of unbranched alkanes of at least 4 members (excludes halogenated alkanes) is 7. The third-order valence-corrected chi connectivity index (χ3v) is 5.44. The first-order valence-corrected chi connectivity index (χ1v) is 11.7. The second-order valence-corrected chi connectivity index (χ2v) is 7.96. The Hall–Kier alpha value is -1.84. The molecule has 1 atom stereocenters. The molecule has 0 aliphatic carbocycles. The Balaban J connectivity index is 2.38. The van der Waals surface area contributed by atoms with E-state index in [1.54, 1.807) is 24.3 Å². The topological polar surface area (TPSA) is 55.4 Å². The van der Waals surface area contributed by atoms with E-state index in [2.05, 4.69) is 26.1 Å². The predicted octanol–water partition coefficient (Wildman–Crippen LogP) is 6.54. The summed E-state index contributed by atoms with van der Waals surface area (Å²) in [5, 5.41) is 3.01. The zero-order valence-corrected chi connectivity index (χ0v) is 18.8. The number of benzene rings is 1. The molecule has 1 N–H and O–H groups in total. The van der Waals surface area contributed by atoms with Crippen molar-refractivity contribution in [1.82, 2.24) is 5.32 Å². The summed E-state index contributed by atoms with van der Waals surface area (Å²) in [5.74, 6) is 0.0377. The largest absolute Gasteiger partial charge is 0.462 e. The average Bonchev–Trinajstić information content (AvgIpc) is 2.75. The molecule has 0 bridgehead atoms. The van der Waals surface area contributed by atoms with Gasteiger partial charge in [-0.1, -0.05) is 84.6 Å². The number of carbonyl (C=O) groups excluding carboxylic acids is 2. The van der Waals surface area contributed by atoms with Crippen molar-refractivity contribution in [3.63, 3.8) is 0 Å². The molecule has 0 heterocycles. The maximum Gasteiger partial charge on any atom is 0.338 e. The van der Waals surface area contributed by atoms with Crippen LogP contribution in [-0.2, 0) is 4.74 Å². The summed E-state index contributed by atoms with van der Waals surface area (Å²) < 4.78 is 5.38. The Bertz CT molecular complexity index is 585. The van der Waals surface area contributed by atoms with Crippen LogP contribution in [0.4, 0.5) is 0 Å². The molecule has 1 aromatic rings. The number of hydrogen-bond donors (Lipinski definition) is 1. The molecule has 0 fully saturated rings. The lowest BCUT2D eigenvalue weighted by Gasteiger charge is -2.15. The van der Waals surface area contributed by atoms with Gasteiger partial charge in [0.1, 0.15) is 0 Å². The van der Waals surface area contributed by atoms with Crippen LogP contribution in [0.25, 0.3) is 0 Å². The molecule has 1 amide bonds. The van der Waals surface area contributed by atoms with Gasteiger partial charge in [-0.05, 0) is 37.0 Å². The van der Waals surface area contributed by atoms with E-state index in [0.29, 0.717) is 30.2 Å². The number of carbonyl (C=O) groups is 2. The van der Waals surface area contributed by atoms with Crippen molar-refractivity contribution in [1.29, 1.82) is 0 Å². The molecule has 29 heavy (non-hydrogen) atoms. The van der Waals surface area contributed by atoms with Crippen molar-refractivity contribution in [3.8, 4) is 0 Å². The summed E-state index contributed by atoms with van der Waals surface area (Å²) >= 11 is 0. The number of amides is 1. The van der Waals surface area contributed by atoms with Crippen LogP contribution < -0.4 is 5.32 Å².